The van der Waals surface area contributed by atoms with Crippen molar-refractivity contribution in [3.8, 4) is 0 Å². The lowest BCUT2D eigenvalue weighted by Gasteiger charge is -2.15. The van der Waals surface area contributed by atoms with Crippen LogP contribution in [-0.2, 0) is 0 Å². The Kier molecular flexibility index (Phi) is 3.87. The van der Waals surface area contributed by atoms with Crippen LogP contribution in [0.2, 0.25) is 10.0 Å². The summed E-state index contributed by atoms with van der Waals surface area (Å²) in [7, 11) is 0. The van der Waals surface area contributed by atoms with Gasteiger partial charge in [-0.3, -0.25) is 10.0 Å². The Labute approximate surface area is 114 Å². The van der Waals surface area contributed by atoms with Crippen molar-refractivity contribution in [2.45, 2.75) is 0 Å². The molecule has 3 nitrogen and oxygen atoms in total. The standard InChI is InChI=1S/C13H9Cl2NO2/c14-9-5-7-10(8-6-9)16(18)13(17)11-3-1-2-4-12(11)15/h1-8,18H. The molecule has 0 saturated carbocycles. The maximum absolute atomic E-state index is 12.0. The predicted octanol–water partition coefficient (Wildman–Crippen LogP) is 4.03. The second-order valence-corrected chi connectivity index (χ2v) is 4.42. The number of nitrogens with zero attached hydrogens (tertiary/aromatic N) is 1. The molecule has 2 aromatic rings. The van der Waals surface area contributed by atoms with Gasteiger partial charge in [0.25, 0.3) is 5.91 Å². The maximum Gasteiger partial charge on any atom is 0.283 e. The number of amides is 1. The Morgan fingerprint density at radius 1 is 1.00 bits per heavy atom. The summed E-state index contributed by atoms with van der Waals surface area (Å²) < 4.78 is 0. The average Bonchev–Trinajstić information content (AvgIpc) is 2.38. The van der Waals surface area contributed by atoms with Gasteiger partial charge in [0.05, 0.1) is 16.3 Å². The second-order valence-electron chi connectivity index (χ2n) is 3.57. The minimum atomic E-state index is -0.595. The zero-order valence-electron chi connectivity index (χ0n) is 9.18. The highest BCUT2D eigenvalue weighted by molar-refractivity contribution is 6.34. The van der Waals surface area contributed by atoms with Crippen LogP contribution in [0.25, 0.3) is 0 Å². The number of rotatable bonds is 2. The summed E-state index contributed by atoms with van der Waals surface area (Å²) in [6.45, 7) is 0. The van der Waals surface area contributed by atoms with Gasteiger partial charge in [0.15, 0.2) is 0 Å². The van der Waals surface area contributed by atoms with E-state index in [4.69, 9.17) is 23.2 Å². The summed E-state index contributed by atoms with van der Waals surface area (Å²) in [5, 5.41) is 11.2. The van der Waals surface area contributed by atoms with E-state index >= 15 is 0 Å². The van der Waals surface area contributed by atoms with Crippen molar-refractivity contribution in [2.75, 3.05) is 5.06 Å². The normalized spacial score (nSPS) is 10.2. The predicted molar refractivity (Wildman–Crippen MR) is 71.5 cm³/mol. The van der Waals surface area contributed by atoms with Gasteiger partial charge in [-0.15, -0.1) is 0 Å². The number of carbonyl (C=O) groups is 1. The molecule has 5 heteroatoms. The first-order valence-corrected chi connectivity index (χ1v) is 5.88. The first kappa shape index (κ1) is 12.9. The highest BCUT2D eigenvalue weighted by Gasteiger charge is 2.17. The van der Waals surface area contributed by atoms with Crippen molar-refractivity contribution < 1.29 is 10.0 Å². The van der Waals surface area contributed by atoms with Crippen LogP contribution in [-0.4, -0.2) is 11.1 Å². The van der Waals surface area contributed by atoms with Gasteiger partial charge in [0, 0.05) is 5.02 Å². The largest absolute Gasteiger partial charge is 0.283 e. The van der Waals surface area contributed by atoms with Crippen molar-refractivity contribution >= 4 is 34.8 Å². The second kappa shape index (κ2) is 5.40. The Morgan fingerprint density at radius 2 is 1.61 bits per heavy atom. The van der Waals surface area contributed by atoms with Crippen LogP contribution in [0.1, 0.15) is 10.4 Å². The van der Waals surface area contributed by atoms with Crippen molar-refractivity contribution in [1.29, 1.82) is 0 Å². The molecule has 0 spiro atoms. The summed E-state index contributed by atoms with van der Waals surface area (Å²) in [5.41, 5.74) is 0.556. The van der Waals surface area contributed by atoms with Crippen LogP contribution in [0, 0.1) is 0 Å². The molecule has 92 valence electrons. The molecule has 2 rings (SSSR count). The lowest BCUT2D eigenvalue weighted by Crippen LogP contribution is -2.27. The fourth-order valence-corrected chi connectivity index (χ4v) is 1.79. The minimum Gasteiger partial charge on any atom is -0.281 e. The topological polar surface area (TPSA) is 40.5 Å². The SMILES string of the molecule is O=C(c1ccccc1Cl)N(O)c1ccc(Cl)cc1. The van der Waals surface area contributed by atoms with Crippen LogP contribution >= 0.6 is 23.2 Å². The van der Waals surface area contributed by atoms with Gasteiger partial charge in [-0.25, -0.2) is 0 Å². The molecule has 0 fully saturated rings. The summed E-state index contributed by atoms with van der Waals surface area (Å²) in [6, 6.07) is 12.8. The number of carbonyl (C=O) groups excluding carboxylic acids is 1. The summed E-state index contributed by atoms with van der Waals surface area (Å²) in [5.74, 6) is -0.595. The molecule has 0 saturated heterocycles. The Morgan fingerprint density at radius 3 is 2.22 bits per heavy atom. The summed E-state index contributed by atoms with van der Waals surface area (Å²) in [6.07, 6.45) is 0. The molecule has 1 amide bonds. The Balaban J connectivity index is 2.29. The van der Waals surface area contributed by atoms with Crippen LogP contribution in [0.15, 0.2) is 48.5 Å². The third-order valence-corrected chi connectivity index (χ3v) is 2.95. The molecule has 18 heavy (non-hydrogen) atoms. The monoisotopic (exact) mass is 281 g/mol. The molecule has 0 bridgehead atoms. The van der Waals surface area contributed by atoms with Crippen molar-refractivity contribution in [3.63, 3.8) is 0 Å². The van der Waals surface area contributed by atoms with E-state index in [2.05, 4.69) is 0 Å². The molecule has 1 N–H and O–H groups in total. The maximum atomic E-state index is 12.0. The number of benzene rings is 2. The van der Waals surface area contributed by atoms with Crippen LogP contribution in [0.5, 0.6) is 0 Å². The Hall–Kier alpha value is -1.55. The van der Waals surface area contributed by atoms with Gasteiger partial charge in [0.2, 0.25) is 0 Å². The summed E-state index contributed by atoms with van der Waals surface area (Å²) >= 11 is 11.6. The van der Waals surface area contributed by atoms with E-state index < -0.39 is 5.91 Å². The number of hydroxylamine groups is 1. The third kappa shape index (κ3) is 2.64. The van der Waals surface area contributed by atoms with E-state index in [0.717, 1.165) is 0 Å². The molecule has 0 heterocycles. The van der Waals surface area contributed by atoms with Gasteiger partial charge < -0.3 is 0 Å². The average molecular weight is 282 g/mol. The Bertz CT molecular complexity index is 569. The molecular weight excluding hydrogens is 273 g/mol. The number of hydrogen-bond acceptors (Lipinski definition) is 2. The number of halogens is 2. The highest BCUT2D eigenvalue weighted by atomic mass is 35.5. The first-order chi connectivity index (χ1) is 8.59. The molecule has 0 aliphatic carbocycles. The van der Waals surface area contributed by atoms with Gasteiger partial charge in [-0.1, -0.05) is 35.3 Å². The molecule has 2 aromatic carbocycles. The quantitative estimate of drug-likeness (QED) is 0.667. The van der Waals surface area contributed by atoms with Gasteiger partial charge in [-0.05, 0) is 36.4 Å². The van der Waals surface area contributed by atoms with Crippen molar-refractivity contribution in [3.05, 3.63) is 64.1 Å². The van der Waals surface area contributed by atoms with Crippen LogP contribution in [0.3, 0.4) is 0 Å². The van der Waals surface area contributed by atoms with Gasteiger partial charge >= 0.3 is 0 Å². The fourth-order valence-electron chi connectivity index (χ4n) is 1.45. The molecule has 0 atom stereocenters. The van der Waals surface area contributed by atoms with E-state index in [9.17, 15) is 10.0 Å². The van der Waals surface area contributed by atoms with E-state index in [0.29, 0.717) is 15.8 Å². The van der Waals surface area contributed by atoms with Crippen LogP contribution in [0.4, 0.5) is 5.69 Å². The first-order valence-electron chi connectivity index (χ1n) is 5.13. The molecular formula is C13H9Cl2NO2. The molecule has 0 aliphatic rings. The zero-order valence-corrected chi connectivity index (χ0v) is 10.7. The zero-order chi connectivity index (χ0) is 13.1. The molecule has 0 aliphatic heterocycles. The van der Waals surface area contributed by atoms with Crippen molar-refractivity contribution in [1.82, 2.24) is 0 Å². The van der Waals surface area contributed by atoms with E-state index in [1.165, 1.54) is 12.1 Å². The lowest BCUT2D eigenvalue weighted by molar-refractivity contribution is 0.0855. The van der Waals surface area contributed by atoms with Gasteiger partial charge in [-0.2, -0.15) is 5.06 Å². The molecule has 0 unspecified atom stereocenters. The number of anilines is 1. The van der Waals surface area contributed by atoms with Crippen LogP contribution < -0.4 is 5.06 Å². The van der Waals surface area contributed by atoms with E-state index in [-0.39, 0.29) is 10.6 Å². The van der Waals surface area contributed by atoms with E-state index in [1.54, 1.807) is 36.4 Å². The van der Waals surface area contributed by atoms with Crippen molar-refractivity contribution in [2.24, 2.45) is 0 Å². The molecule has 0 aromatic heterocycles. The molecule has 0 radical (unpaired) electrons. The smallest absolute Gasteiger partial charge is 0.281 e. The number of hydrogen-bond donors (Lipinski definition) is 1. The van der Waals surface area contributed by atoms with E-state index in [1.807, 2.05) is 0 Å². The lowest BCUT2D eigenvalue weighted by atomic mass is 10.2. The highest BCUT2D eigenvalue weighted by Crippen LogP contribution is 2.21. The fraction of sp³-hybridized carbons (Fsp3) is 0. The summed E-state index contributed by atoms with van der Waals surface area (Å²) in [4.78, 5) is 12.0. The van der Waals surface area contributed by atoms with Gasteiger partial charge in [0.1, 0.15) is 0 Å². The third-order valence-electron chi connectivity index (χ3n) is 2.37. The minimum absolute atomic E-state index is 0.233.